The third-order valence-corrected chi connectivity index (χ3v) is 36.7. The monoisotopic (exact) mass is 1950 g/mol. The molecule has 11 heterocycles. The van der Waals surface area contributed by atoms with Crippen molar-refractivity contribution in [2.24, 2.45) is 0 Å². The predicted octanol–water partition coefficient (Wildman–Crippen LogP) is 22.4. The summed E-state index contributed by atoms with van der Waals surface area (Å²) in [7, 11) is -13.3. The molecule has 0 aliphatic carbocycles. The molecule has 0 bridgehead atoms. The summed E-state index contributed by atoms with van der Waals surface area (Å²) < 4.78 is 156. The molecule has 5 aliphatic rings. The fraction of sp³-hybridized carbons (Fsp3) is 0.103. The lowest BCUT2D eigenvalue weighted by molar-refractivity contribution is 0.414. The largest absolute Gasteiger partial charge is 0.497 e. The Balaban J connectivity index is 0.000000110. The number of anilines is 5. The molecule has 0 saturated carbocycles. The van der Waals surface area contributed by atoms with E-state index in [0.29, 0.717) is 64.8 Å². The number of nitrogens with zero attached hydrogens (tertiary/aromatic N) is 5. The van der Waals surface area contributed by atoms with Crippen LogP contribution in [0.15, 0.2) is 310 Å². The van der Waals surface area contributed by atoms with Crippen LogP contribution in [0.1, 0.15) is 33.4 Å². The molecule has 6 aromatic heterocycles. The van der Waals surface area contributed by atoms with Crippen LogP contribution in [0.2, 0.25) is 0 Å². The Kier molecular flexibility index (Phi) is 23.7. The molecule has 118 heavy (non-hydrogen) atoms. The number of fused-ring (bicyclic) bond motifs is 15. The Morgan fingerprint density at radius 3 is 0.915 bits per heavy atom. The van der Waals surface area contributed by atoms with Gasteiger partial charge in [0.15, 0.2) is 0 Å². The minimum absolute atomic E-state index is 0.251. The van der Waals surface area contributed by atoms with E-state index in [4.69, 9.17) is 14.2 Å². The molecule has 20 rings (SSSR count). The molecule has 0 radical (unpaired) electrons. The molecule has 600 valence electrons. The Labute approximate surface area is 731 Å². The molecule has 0 N–H and O–H groups in total. The highest BCUT2D eigenvalue weighted by atomic mass is 127. The Bertz CT molecular complexity index is 6690. The summed E-state index contributed by atoms with van der Waals surface area (Å²) in [5.41, 5.74) is 15.5. The van der Waals surface area contributed by atoms with Gasteiger partial charge in [0.25, 0.3) is 50.1 Å². The first-order valence-electron chi connectivity index (χ1n) is 36.3. The van der Waals surface area contributed by atoms with Crippen molar-refractivity contribution in [3.8, 4) is 69.5 Å². The normalized spacial score (nSPS) is 13.4. The van der Waals surface area contributed by atoms with Crippen LogP contribution < -0.4 is 35.7 Å². The number of thiophene rings is 6. The summed E-state index contributed by atoms with van der Waals surface area (Å²) in [4.78, 5) is 6.11. The van der Waals surface area contributed by atoms with Gasteiger partial charge >= 0.3 is 0 Å². The third-order valence-electron chi connectivity index (χ3n) is 20.1. The van der Waals surface area contributed by atoms with Crippen LogP contribution >= 0.6 is 107 Å². The maximum atomic E-state index is 13.3. The number of rotatable bonds is 13. The van der Waals surface area contributed by atoms with E-state index in [2.05, 4.69) is 56.7 Å². The molecule has 0 atom stereocenters. The van der Waals surface area contributed by atoms with Crippen molar-refractivity contribution in [3.05, 3.63) is 322 Å². The van der Waals surface area contributed by atoms with E-state index in [0.717, 1.165) is 115 Å². The number of aryl methyl sites for hydroxylation is 1. The van der Waals surface area contributed by atoms with Crippen molar-refractivity contribution in [3.63, 3.8) is 0 Å². The average molecular weight is 1950 g/mol. The first kappa shape index (κ1) is 82.2. The number of hydrogen-bond donors (Lipinski definition) is 0. The van der Waals surface area contributed by atoms with Gasteiger partial charge in [-0.3, -0.25) is 21.5 Å². The van der Waals surface area contributed by atoms with Crippen molar-refractivity contribution in [1.29, 1.82) is 0 Å². The fourth-order valence-electron chi connectivity index (χ4n) is 14.2. The lowest BCUT2D eigenvalue weighted by Gasteiger charge is -2.30. The summed E-state index contributed by atoms with van der Waals surface area (Å²) in [5.74, 6) is 1.89. The molecule has 9 aromatic carbocycles. The Morgan fingerprint density at radius 1 is 0.305 bits per heavy atom. The first-order chi connectivity index (χ1) is 56.9. The molecular formula is C87H69BrIN5O13S11. The summed E-state index contributed by atoms with van der Waals surface area (Å²) in [6.07, 6.45) is 0. The summed E-state index contributed by atoms with van der Waals surface area (Å²) in [6, 6.07) is 79.2. The molecular weight excluding hydrogens is 1880 g/mol. The predicted molar refractivity (Wildman–Crippen MR) is 491 cm³/mol. The minimum Gasteiger partial charge on any atom is -0.497 e. The van der Waals surface area contributed by atoms with Crippen LogP contribution in [0.5, 0.6) is 17.2 Å². The lowest BCUT2D eigenvalue weighted by atomic mass is 10.0. The fourth-order valence-corrected chi connectivity index (χ4v) is 29.3. The highest BCUT2D eigenvalue weighted by Gasteiger charge is 2.39. The van der Waals surface area contributed by atoms with E-state index in [1.54, 1.807) is 180 Å². The molecule has 15 aromatic rings. The van der Waals surface area contributed by atoms with Crippen molar-refractivity contribution in [2.75, 3.05) is 42.9 Å². The number of sulfonamides is 5. The van der Waals surface area contributed by atoms with Crippen molar-refractivity contribution >= 4 is 185 Å². The van der Waals surface area contributed by atoms with Gasteiger partial charge in [-0.05, 0) is 244 Å². The van der Waals surface area contributed by atoms with E-state index < -0.39 is 50.1 Å². The maximum absolute atomic E-state index is 13.3. The van der Waals surface area contributed by atoms with Crippen LogP contribution in [-0.4, -0.2) is 63.4 Å². The lowest BCUT2D eigenvalue weighted by Crippen LogP contribution is -2.32. The van der Waals surface area contributed by atoms with Crippen LogP contribution in [-0.2, 0) is 82.8 Å². The highest BCUT2D eigenvalue weighted by molar-refractivity contribution is 14.1. The number of ether oxygens (including phenoxy) is 3. The number of hydrogen-bond acceptors (Lipinski definition) is 19. The van der Waals surface area contributed by atoms with Crippen molar-refractivity contribution < 1.29 is 56.3 Å². The molecule has 0 amide bonds. The molecule has 0 spiro atoms. The molecule has 5 aliphatic heterocycles. The van der Waals surface area contributed by atoms with Gasteiger partial charge in [-0.1, -0.05) is 145 Å². The van der Waals surface area contributed by atoms with Gasteiger partial charge in [0.1, 0.15) is 21.5 Å². The SMILES string of the molecule is COc1ccc(S(=O)(=O)N2Cc3ccccc3-c3sc(Br)cc32)cc1.COc1ccc(S(=O)(=O)N2Cc3ccccc3-c3sc(I)cc32)cc1.COc1ccc(S(=O)(=O)N2Cc3ccccc3-c3sccc32)cc1.Cc1ccc(S(=O)(=O)N2Cc3ccccc3-c3sccc32)cc1.O=S(=O)(c1cccs1)N1Cc2ccccc2-c2sccc21. The van der Waals surface area contributed by atoms with Crippen LogP contribution in [0.3, 0.4) is 0 Å². The van der Waals surface area contributed by atoms with Gasteiger partial charge in [0.05, 0.1) is 133 Å². The van der Waals surface area contributed by atoms with Gasteiger partial charge in [-0.25, -0.2) is 42.1 Å². The second-order valence-corrected chi connectivity index (χ2v) is 45.7. The molecule has 0 saturated heterocycles. The molecule has 18 nitrogen and oxygen atoms in total. The van der Waals surface area contributed by atoms with E-state index in [-0.39, 0.29) is 14.7 Å². The van der Waals surface area contributed by atoms with Gasteiger partial charge in [0.2, 0.25) is 0 Å². The molecule has 0 unspecified atom stereocenters. The van der Waals surface area contributed by atoms with E-state index in [1.807, 2.05) is 169 Å². The van der Waals surface area contributed by atoms with Gasteiger partial charge < -0.3 is 14.2 Å². The van der Waals surface area contributed by atoms with Crippen LogP contribution in [0.4, 0.5) is 28.4 Å². The van der Waals surface area contributed by atoms with E-state index in [1.165, 1.54) is 32.9 Å². The number of halogens is 2. The van der Waals surface area contributed by atoms with Crippen molar-refractivity contribution in [1.82, 2.24) is 0 Å². The van der Waals surface area contributed by atoms with Gasteiger partial charge in [-0.15, -0.1) is 68.0 Å². The van der Waals surface area contributed by atoms with Crippen LogP contribution in [0, 0.1) is 9.81 Å². The Hall–Kier alpha value is -9.46. The van der Waals surface area contributed by atoms with Gasteiger partial charge in [-0.2, -0.15) is 0 Å². The standard InChI is InChI=1S/C18H14BrNO3S2.C18H14INO3S2.C18H15NO3S2.C18H15NO2S2.C15H11NO2S3/c2*1-23-13-6-8-14(9-7-13)25(21,22)20-11-12-4-2-3-5-15(12)18-16(20)10-17(19)24-18;1-22-14-6-8-15(9-7-14)24(20,21)19-12-13-4-2-3-5-16(13)18-17(19)10-11-23-18;1-13-6-8-15(9-7-13)23(20,21)19-12-14-4-2-3-5-16(14)18-17(19)10-11-22-18;17-21(18,14-6-3-8-19-14)16-10-11-4-1-2-5-12(11)15-13(16)7-9-20-15/h2*2-10H,11H2,1H3;2-11H,12H2,1H3;2-11H,12H2,1H3;1-9H,10H2. The van der Waals surface area contributed by atoms with E-state index in [9.17, 15) is 42.1 Å². The average Bonchev–Trinajstić information content (AvgIpc) is 1.57. The first-order valence-corrected chi connectivity index (χ1v) is 50.5. The van der Waals surface area contributed by atoms with Gasteiger partial charge in [0, 0.05) is 0 Å². The molecule has 31 heteroatoms. The maximum Gasteiger partial charge on any atom is 0.274 e. The third kappa shape index (κ3) is 16.0. The number of methoxy groups -OCH3 is 3. The van der Waals surface area contributed by atoms with Crippen LogP contribution in [0.25, 0.3) is 52.2 Å². The zero-order valence-electron chi connectivity index (χ0n) is 63.0. The second kappa shape index (κ2) is 34.0. The highest BCUT2D eigenvalue weighted by Crippen LogP contribution is 2.52. The zero-order valence-corrected chi connectivity index (χ0v) is 75.7. The Morgan fingerprint density at radius 2 is 0.593 bits per heavy atom. The quantitative estimate of drug-likeness (QED) is 0.0983. The summed E-state index contributed by atoms with van der Waals surface area (Å²) >= 11 is 14.9. The topological polar surface area (TPSA) is 215 Å². The minimum atomic E-state index is -3.67. The summed E-state index contributed by atoms with van der Waals surface area (Å²) in [6.45, 7) is 3.71. The smallest absolute Gasteiger partial charge is 0.274 e. The second-order valence-electron chi connectivity index (χ2n) is 27.1. The van der Waals surface area contributed by atoms with Crippen molar-refractivity contribution in [2.45, 2.75) is 63.4 Å². The molecule has 0 fully saturated rings. The summed E-state index contributed by atoms with van der Waals surface area (Å²) in [5, 5.41) is 7.62. The zero-order chi connectivity index (χ0) is 82.4. The van der Waals surface area contributed by atoms with E-state index >= 15 is 0 Å². The number of benzene rings is 9.